The van der Waals surface area contributed by atoms with E-state index in [0.717, 1.165) is 5.69 Å². The normalized spacial score (nSPS) is 10.7. The highest BCUT2D eigenvalue weighted by Crippen LogP contribution is 2.23. The second-order valence-electron chi connectivity index (χ2n) is 5.44. The van der Waals surface area contributed by atoms with Crippen LogP contribution in [-0.2, 0) is 4.79 Å². The zero-order valence-corrected chi connectivity index (χ0v) is 12.6. The molecule has 2 N–H and O–H groups in total. The number of nitrogens with one attached hydrogen (secondary N) is 2. The van der Waals surface area contributed by atoms with Gasteiger partial charge in [-0.1, -0.05) is 32.9 Å². The largest absolute Gasteiger partial charge is 0.495 e. The van der Waals surface area contributed by atoms with E-state index < -0.39 is 0 Å². The fraction of sp³-hybridized carbons (Fsp3) is 0.429. The fourth-order valence-electron chi connectivity index (χ4n) is 1.55. The number of rotatable bonds is 3. The monoisotopic (exact) mass is 280 g/mol. The number of anilines is 1. The van der Waals surface area contributed by atoms with Gasteiger partial charge in [0.05, 0.1) is 12.8 Å². The van der Waals surface area contributed by atoms with Gasteiger partial charge in [0.2, 0.25) is 5.91 Å². The molecule has 1 amide bonds. The molecule has 0 radical (unpaired) electrons. The summed E-state index contributed by atoms with van der Waals surface area (Å²) in [6.07, 6.45) is 0.417. The van der Waals surface area contributed by atoms with Crippen molar-refractivity contribution in [1.29, 1.82) is 0 Å². The average molecular weight is 280 g/mol. The van der Waals surface area contributed by atoms with Crippen molar-refractivity contribution in [3.8, 4) is 5.75 Å². The molecule has 0 heterocycles. The second-order valence-corrected chi connectivity index (χ2v) is 5.85. The van der Waals surface area contributed by atoms with Crippen LogP contribution in [0.1, 0.15) is 27.2 Å². The third kappa shape index (κ3) is 5.70. The topological polar surface area (TPSA) is 50.4 Å². The van der Waals surface area contributed by atoms with Gasteiger partial charge in [-0.15, -0.1) is 0 Å². The Kier molecular flexibility index (Phi) is 5.30. The predicted molar refractivity (Wildman–Crippen MR) is 81.4 cm³/mol. The van der Waals surface area contributed by atoms with Gasteiger partial charge in [-0.3, -0.25) is 4.79 Å². The summed E-state index contributed by atoms with van der Waals surface area (Å²) in [5.41, 5.74) is 0.662. The highest BCUT2D eigenvalue weighted by Gasteiger charge is 2.16. The SMILES string of the molecule is COc1ccccc1NC(=S)NC(=O)CC(C)(C)C. The number of para-hydroxylation sites is 2. The molecule has 1 aromatic carbocycles. The Morgan fingerprint density at radius 1 is 1.32 bits per heavy atom. The first-order chi connectivity index (χ1) is 8.81. The lowest BCUT2D eigenvalue weighted by atomic mass is 9.92. The van der Waals surface area contributed by atoms with Gasteiger partial charge in [-0.05, 0) is 29.8 Å². The summed E-state index contributed by atoms with van der Waals surface area (Å²) in [4.78, 5) is 11.7. The third-order valence-electron chi connectivity index (χ3n) is 2.30. The quantitative estimate of drug-likeness (QED) is 0.836. The number of ether oxygens (including phenoxy) is 1. The van der Waals surface area contributed by atoms with Gasteiger partial charge in [-0.25, -0.2) is 0 Å². The van der Waals surface area contributed by atoms with Gasteiger partial charge >= 0.3 is 0 Å². The molecule has 19 heavy (non-hydrogen) atoms. The number of amides is 1. The number of thiocarbonyl (C=S) groups is 1. The van der Waals surface area contributed by atoms with E-state index in [0.29, 0.717) is 12.2 Å². The molecule has 0 spiro atoms. The molecule has 104 valence electrons. The number of methoxy groups -OCH3 is 1. The van der Waals surface area contributed by atoms with Crippen LogP contribution in [-0.4, -0.2) is 18.1 Å². The summed E-state index contributed by atoms with van der Waals surface area (Å²) >= 11 is 5.11. The second kappa shape index (κ2) is 6.52. The maximum absolute atomic E-state index is 11.7. The molecule has 0 atom stereocenters. The van der Waals surface area contributed by atoms with E-state index in [4.69, 9.17) is 17.0 Å². The summed E-state index contributed by atoms with van der Waals surface area (Å²) in [6, 6.07) is 7.39. The first-order valence-electron chi connectivity index (χ1n) is 6.06. The molecule has 1 rings (SSSR count). The minimum absolute atomic E-state index is 0.0653. The summed E-state index contributed by atoms with van der Waals surface area (Å²) in [5.74, 6) is 0.579. The van der Waals surface area contributed by atoms with Crippen LogP contribution in [0.25, 0.3) is 0 Å². The van der Waals surface area contributed by atoms with Crippen LogP contribution in [0.3, 0.4) is 0 Å². The van der Waals surface area contributed by atoms with E-state index in [2.05, 4.69) is 10.6 Å². The fourth-order valence-corrected chi connectivity index (χ4v) is 1.78. The maximum atomic E-state index is 11.7. The molecule has 0 aromatic heterocycles. The highest BCUT2D eigenvalue weighted by atomic mass is 32.1. The van der Waals surface area contributed by atoms with E-state index in [1.165, 1.54) is 0 Å². The van der Waals surface area contributed by atoms with Crippen molar-refractivity contribution >= 4 is 28.9 Å². The Morgan fingerprint density at radius 3 is 2.53 bits per heavy atom. The Labute approximate surface area is 119 Å². The van der Waals surface area contributed by atoms with E-state index in [-0.39, 0.29) is 16.4 Å². The van der Waals surface area contributed by atoms with Crippen molar-refractivity contribution in [2.45, 2.75) is 27.2 Å². The smallest absolute Gasteiger partial charge is 0.226 e. The standard InChI is InChI=1S/C14H20N2O2S/c1-14(2,3)9-12(17)16-13(19)15-10-7-5-6-8-11(10)18-4/h5-8H,9H2,1-4H3,(H2,15,16,17,19). The Hall–Kier alpha value is -1.62. The van der Waals surface area contributed by atoms with Crippen LogP contribution in [0.15, 0.2) is 24.3 Å². The lowest BCUT2D eigenvalue weighted by Gasteiger charge is -2.18. The summed E-state index contributed by atoms with van der Waals surface area (Å²) in [6.45, 7) is 6.01. The average Bonchev–Trinajstić information content (AvgIpc) is 2.26. The van der Waals surface area contributed by atoms with Crippen LogP contribution in [0.4, 0.5) is 5.69 Å². The van der Waals surface area contributed by atoms with Crippen molar-refractivity contribution in [1.82, 2.24) is 5.32 Å². The molecule has 0 aliphatic heterocycles. The summed E-state index contributed by atoms with van der Waals surface area (Å²) in [5, 5.41) is 5.89. The number of hydrogen-bond donors (Lipinski definition) is 2. The summed E-state index contributed by atoms with van der Waals surface area (Å²) in [7, 11) is 1.59. The first-order valence-corrected chi connectivity index (χ1v) is 6.46. The lowest BCUT2D eigenvalue weighted by Crippen LogP contribution is -2.36. The van der Waals surface area contributed by atoms with Crippen molar-refractivity contribution in [2.24, 2.45) is 5.41 Å². The van der Waals surface area contributed by atoms with Crippen LogP contribution < -0.4 is 15.4 Å². The predicted octanol–water partition coefficient (Wildman–Crippen LogP) is 2.94. The van der Waals surface area contributed by atoms with Gasteiger partial charge in [0.1, 0.15) is 5.75 Å². The zero-order valence-electron chi connectivity index (χ0n) is 11.7. The summed E-state index contributed by atoms with van der Waals surface area (Å²) < 4.78 is 5.20. The number of hydrogen-bond acceptors (Lipinski definition) is 3. The van der Waals surface area contributed by atoms with Gasteiger partial charge in [0.15, 0.2) is 5.11 Å². The molecule has 0 bridgehead atoms. The minimum Gasteiger partial charge on any atom is -0.495 e. The first kappa shape index (κ1) is 15.4. The number of carbonyl (C=O) groups excluding carboxylic acids is 1. The van der Waals surface area contributed by atoms with Crippen molar-refractivity contribution in [3.05, 3.63) is 24.3 Å². The van der Waals surface area contributed by atoms with E-state index in [9.17, 15) is 4.79 Å². The minimum atomic E-state index is -0.0973. The molecular weight excluding hydrogens is 260 g/mol. The maximum Gasteiger partial charge on any atom is 0.226 e. The van der Waals surface area contributed by atoms with E-state index in [1.54, 1.807) is 7.11 Å². The van der Waals surface area contributed by atoms with Crippen molar-refractivity contribution in [2.75, 3.05) is 12.4 Å². The number of carbonyl (C=O) groups is 1. The Bertz CT molecular complexity index is 467. The molecule has 1 aromatic rings. The molecule has 0 saturated heterocycles. The van der Waals surface area contributed by atoms with Crippen LogP contribution in [0, 0.1) is 5.41 Å². The highest BCUT2D eigenvalue weighted by molar-refractivity contribution is 7.80. The molecule has 0 saturated carbocycles. The van der Waals surface area contributed by atoms with Crippen molar-refractivity contribution in [3.63, 3.8) is 0 Å². The number of benzene rings is 1. The van der Waals surface area contributed by atoms with E-state index >= 15 is 0 Å². The molecule has 0 fully saturated rings. The van der Waals surface area contributed by atoms with Gasteiger partial charge in [0.25, 0.3) is 0 Å². The molecule has 5 heteroatoms. The Morgan fingerprint density at radius 2 is 1.95 bits per heavy atom. The van der Waals surface area contributed by atoms with Crippen molar-refractivity contribution < 1.29 is 9.53 Å². The van der Waals surface area contributed by atoms with Crippen LogP contribution in [0.2, 0.25) is 0 Å². The van der Waals surface area contributed by atoms with Crippen LogP contribution >= 0.6 is 12.2 Å². The molecule has 0 aliphatic rings. The van der Waals surface area contributed by atoms with E-state index in [1.807, 2.05) is 45.0 Å². The van der Waals surface area contributed by atoms with Gasteiger partial charge in [0, 0.05) is 6.42 Å². The van der Waals surface area contributed by atoms with Crippen LogP contribution in [0.5, 0.6) is 5.75 Å². The Balaban J connectivity index is 2.58. The molecule has 4 nitrogen and oxygen atoms in total. The third-order valence-corrected chi connectivity index (χ3v) is 2.50. The lowest BCUT2D eigenvalue weighted by molar-refractivity contribution is -0.121. The molecule has 0 unspecified atom stereocenters. The zero-order chi connectivity index (χ0) is 14.5. The molecular formula is C14H20N2O2S. The molecule has 0 aliphatic carbocycles. The van der Waals surface area contributed by atoms with Gasteiger partial charge < -0.3 is 15.4 Å². The van der Waals surface area contributed by atoms with Gasteiger partial charge in [-0.2, -0.15) is 0 Å².